The van der Waals surface area contributed by atoms with Crippen LogP contribution in [-0.4, -0.2) is 52.2 Å². The van der Waals surface area contributed by atoms with Crippen molar-refractivity contribution in [3.05, 3.63) is 29.3 Å². The Morgan fingerprint density at radius 2 is 1.78 bits per heavy atom. The number of nitrogens with one attached hydrogen (secondary N) is 1. The van der Waals surface area contributed by atoms with E-state index in [0.717, 1.165) is 11.1 Å². The Morgan fingerprint density at radius 3 is 2.36 bits per heavy atom. The first-order chi connectivity index (χ1) is 16.5. The fourth-order valence-electron chi connectivity index (χ4n) is 3.65. The van der Waals surface area contributed by atoms with Crippen molar-refractivity contribution in [1.29, 1.82) is 0 Å². The summed E-state index contributed by atoms with van der Waals surface area (Å²) in [7, 11) is -0.601. The number of amides is 1. The number of ether oxygens (including phenoxy) is 4. The van der Waals surface area contributed by atoms with Crippen LogP contribution in [0.5, 0.6) is 5.75 Å². The van der Waals surface area contributed by atoms with Crippen molar-refractivity contribution in [2.24, 2.45) is 5.92 Å². The van der Waals surface area contributed by atoms with Gasteiger partial charge in [0.1, 0.15) is 11.4 Å². The van der Waals surface area contributed by atoms with Crippen LogP contribution in [0.25, 0.3) is 0 Å². The first kappa shape index (κ1) is 30.0. The molecule has 1 aliphatic rings. The number of hydrogen-bond donors (Lipinski definition) is 1. The summed E-state index contributed by atoms with van der Waals surface area (Å²) in [5.74, 6) is 0.893. The molecule has 0 unspecified atom stereocenters. The third kappa shape index (κ3) is 8.40. The highest BCUT2D eigenvalue weighted by molar-refractivity contribution is 6.74. The third-order valence-electron chi connectivity index (χ3n) is 6.72. The van der Waals surface area contributed by atoms with Gasteiger partial charge in [0.25, 0.3) is 0 Å². The van der Waals surface area contributed by atoms with Gasteiger partial charge in [0.2, 0.25) is 0 Å². The molecule has 0 heterocycles. The summed E-state index contributed by atoms with van der Waals surface area (Å²) in [5, 5.41) is 2.93. The highest BCUT2D eigenvalue weighted by Crippen LogP contribution is 2.38. The molecular weight excluding hydrogens is 478 g/mol. The van der Waals surface area contributed by atoms with E-state index in [0.29, 0.717) is 31.8 Å². The average Bonchev–Trinajstić information content (AvgIpc) is 2.74. The molecule has 1 aromatic carbocycles. The normalized spacial score (nSPS) is 19.1. The lowest BCUT2D eigenvalue weighted by Gasteiger charge is -2.38. The molecule has 2 rings (SSSR count). The zero-order chi connectivity index (χ0) is 27.4. The topological polar surface area (TPSA) is 92.3 Å². The molecule has 0 saturated heterocycles. The van der Waals surface area contributed by atoms with E-state index in [1.807, 2.05) is 18.2 Å². The second-order valence-electron chi connectivity index (χ2n) is 12.2. The summed E-state index contributed by atoms with van der Waals surface area (Å²) < 4.78 is 28.4. The molecule has 0 saturated carbocycles. The van der Waals surface area contributed by atoms with Gasteiger partial charge in [-0.3, -0.25) is 5.32 Å². The van der Waals surface area contributed by atoms with Crippen LogP contribution in [0.4, 0.5) is 9.59 Å². The molecular formula is C27H45NO7Si. The van der Waals surface area contributed by atoms with Gasteiger partial charge >= 0.3 is 12.2 Å². The molecule has 0 bridgehead atoms. The molecule has 0 fully saturated rings. The Kier molecular flexibility index (Phi) is 9.50. The molecule has 9 heteroatoms. The predicted molar refractivity (Wildman–Crippen MR) is 142 cm³/mol. The summed E-state index contributed by atoms with van der Waals surface area (Å²) in [4.78, 5) is 24.7. The van der Waals surface area contributed by atoms with Gasteiger partial charge in [-0.15, -0.1) is 0 Å². The monoisotopic (exact) mass is 523 g/mol. The van der Waals surface area contributed by atoms with E-state index in [1.54, 1.807) is 20.8 Å². The van der Waals surface area contributed by atoms with Crippen LogP contribution in [-0.2, 0) is 31.5 Å². The number of carbonyl (C=O) groups excluding carboxylic acids is 2. The quantitative estimate of drug-likeness (QED) is 0.246. The predicted octanol–water partition coefficient (Wildman–Crippen LogP) is 6.22. The van der Waals surface area contributed by atoms with Crippen LogP contribution in [0.3, 0.4) is 0 Å². The van der Waals surface area contributed by atoms with Gasteiger partial charge in [0, 0.05) is 30.9 Å². The SMILES string of the molecule is COC(=O)O[C@]1(NC(=O)OC(C)(C)C)CCc2cccc(OC[C@H](C)CO[Si](C)(C)C(C)(C)C)c2C1. The maximum Gasteiger partial charge on any atom is 0.510 e. The van der Waals surface area contributed by atoms with Crippen LogP contribution in [0.15, 0.2) is 18.2 Å². The molecule has 0 aliphatic heterocycles. The summed E-state index contributed by atoms with van der Waals surface area (Å²) in [6.45, 7) is 19.7. The van der Waals surface area contributed by atoms with Crippen molar-refractivity contribution in [1.82, 2.24) is 5.32 Å². The Balaban J connectivity index is 2.17. The van der Waals surface area contributed by atoms with Gasteiger partial charge in [-0.25, -0.2) is 9.59 Å². The molecule has 36 heavy (non-hydrogen) atoms. The molecule has 0 aromatic heterocycles. The van der Waals surface area contributed by atoms with Crippen molar-refractivity contribution in [2.75, 3.05) is 20.3 Å². The van der Waals surface area contributed by atoms with E-state index in [4.69, 9.17) is 23.4 Å². The second kappa shape index (κ2) is 11.4. The molecule has 0 spiro atoms. The van der Waals surface area contributed by atoms with Gasteiger partial charge in [-0.2, -0.15) is 0 Å². The lowest BCUT2D eigenvalue weighted by atomic mass is 9.85. The number of carbonyl (C=O) groups is 2. The Bertz CT molecular complexity index is 920. The highest BCUT2D eigenvalue weighted by Gasteiger charge is 2.42. The molecule has 1 N–H and O–H groups in total. The summed E-state index contributed by atoms with van der Waals surface area (Å²) in [6.07, 6.45) is -0.325. The largest absolute Gasteiger partial charge is 0.510 e. The minimum absolute atomic E-state index is 0.149. The Labute approximate surface area is 217 Å². The maximum atomic E-state index is 12.6. The van der Waals surface area contributed by atoms with Gasteiger partial charge in [-0.1, -0.05) is 39.8 Å². The summed E-state index contributed by atoms with van der Waals surface area (Å²) in [5.41, 5.74) is -0.0205. The van der Waals surface area contributed by atoms with E-state index in [-0.39, 0.29) is 17.4 Å². The number of benzene rings is 1. The number of alkyl carbamates (subject to hydrolysis) is 1. The minimum atomic E-state index is -1.84. The number of rotatable bonds is 8. The van der Waals surface area contributed by atoms with Gasteiger partial charge in [0.15, 0.2) is 14.0 Å². The Hall–Kier alpha value is -2.26. The van der Waals surface area contributed by atoms with Crippen molar-refractivity contribution >= 4 is 20.6 Å². The van der Waals surface area contributed by atoms with E-state index < -0.39 is 31.9 Å². The van der Waals surface area contributed by atoms with Gasteiger partial charge in [0.05, 0.1) is 13.7 Å². The lowest BCUT2D eigenvalue weighted by Crippen LogP contribution is -2.56. The fourth-order valence-corrected chi connectivity index (χ4v) is 4.78. The maximum absolute atomic E-state index is 12.6. The van der Waals surface area contributed by atoms with Crippen molar-refractivity contribution in [3.8, 4) is 5.75 Å². The first-order valence-electron chi connectivity index (χ1n) is 12.6. The second-order valence-corrected chi connectivity index (χ2v) is 17.0. The van der Waals surface area contributed by atoms with E-state index in [2.05, 4.69) is 46.1 Å². The zero-order valence-electron chi connectivity index (χ0n) is 23.7. The minimum Gasteiger partial charge on any atom is -0.493 e. The zero-order valence-corrected chi connectivity index (χ0v) is 24.7. The van der Waals surface area contributed by atoms with Crippen LogP contribution >= 0.6 is 0 Å². The molecule has 1 aliphatic carbocycles. The van der Waals surface area contributed by atoms with Gasteiger partial charge < -0.3 is 23.4 Å². The van der Waals surface area contributed by atoms with Crippen LogP contribution in [0.2, 0.25) is 18.1 Å². The number of hydrogen-bond acceptors (Lipinski definition) is 7. The third-order valence-corrected chi connectivity index (χ3v) is 11.2. The van der Waals surface area contributed by atoms with Gasteiger partial charge in [-0.05, 0) is 57.0 Å². The van der Waals surface area contributed by atoms with Crippen LogP contribution < -0.4 is 10.1 Å². The number of methoxy groups -OCH3 is 1. The standard InChI is InChI=1S/C27H45NO7Si/c1-19(18-33-36(9,10)26(5,6)7)17-32-22-13-11-12-20-14-15-27(16-21(20)22,35-24(30)31-8)28-23(29)34-25(2,3)4/h11-13,19H,14-18H2,1-10H3,(H,28,29)/t19-,27+/m0/s1. The van der Waals surface area contributed by atoms with Crippen molar-refractivity contribution < 1.29 is 33.0 Å². The summed E-state index contributed by atoms with van der Waals surface area (Å²) in [6, 6.07) is 5.89. The molecule has 2 atom stereocenters. The van der Waals surface area contributed by atoms with Crippen molar-refractivity contribution in [3.63, 3.8) is 0 Å². The summed E-state index contributed by atoms with van der Waals surface area (Å²) >= 11 is 0. The Morgan fingerprint density at radius 1 is 1.11 bits per heavy atom. The smallest absolute Gasteiger partial charge is 0.493 e. The first-order valence-corrected chi connectivity index (χ1v) is 15.5. The fraction of sp³-hybridized carbons (Fsp3) is 0.704. The molecule has 1 aromatic rings. The van der Waals surface area contributed by atoms with E-state index in [1.165, 1.54) is 7.11 Å². The van der Waals surface area contributed by atoms with E-state index >= 15 is 0 Å². The highest BCUT2D eigenvalue weighted by atomic mass is 28.4. The lowest BCUT2D eigenvalue weighted by molar-refractivity contribution is -0.0601. The number of fused-ring (bicyclic) bond motifs is 1. The van der Waals surface area contributed by atoms with Crippen molar-refractivity contribution in [2.45, 2.75) is 97.2 Å². The average molecular weight is 524 g/mol. The molecule has 8 nitrogen and oxygen atoms in total. The van der Waals surface area contributed by atoms with Crippen LogP contribution in [0, 0.1) is 5.92 Å². The van der Waals surface area contributed by atoms with Crippen LogP contribution in [0.1, 0.15) is 66.0 Å². The molecule has 0 radical (unpaired) electrons. The number of aryl methyl sites for hydroxylation is 1. The van der Waals surface area contributed by atoms with E-state index in [9.17, 15) is 9.59 Å². The molecule has 1 amide bonds. The molecule has 204 valence electrons.